The van der Waals surface area contributed by atoms with Gasteiger partial charge in [0.15, 0.2) is 0 Å². The third-order valence-corrected chi connectivity index (χ3v) is 6.20. The number of carbonyl (C=O) groups excluding carboxylic acids is 1. The van der Waals surface area contributed by atoms with E-state index in [2.05, 4.69) is 5.32 Å². The minimum atomic E-state index is -3.39. The molecular formula is C16H25N3O3S. The van der Waals surface area contributed by atoms with E-state index in [0.29, 0.717) is 25.9 Å². The molecule has 1 fully saturated rings. The number of aryl methyl sites for hydroxylation is 2. The summed E-state index contributed by atoms with van der Waals surface area (Å²) in [5.74, 6) is -0.177. The maximum absolute atomic E-state index is 12.4. The van der Waals surface area contributed by atoms with Gasteiger partial charge in [0.2, 0.25) is 5.91 Å². The van der Waals surface area contributed by atoms with E-state index < -0.39 is 10.2 Å². The van der Waals surface area contributed by atoms with Crippen molar-refractivity contribution >= 4 is 21.8 Å². The lowest BCUT2D eigenvalue weighted by Crippen LogP contribution is -2.46. The molecule has 0 bridgehead atoms. The number of anilines is 1. The monoisotopic (exact) mass is 339 g/mol. The lowest BCUT2D eigenvalue weighted by atomic mass is 9.97. The second-order valence-electron chi connectivity index (χ2n) is 6.27. The molecule has 1 aromatic rings. The normalized spacial score (nSPS) is 17.4. The fourth-order valence-corrected chi connectivity index (χ4v) is 3.82. The SMILES string of the molecule is Cc1ccc(C)c(NC(=O)C2CCN(S(=O)(=O)N(C)C)CC2)c1. The van der Waals surface area contributed by atoms with Gasteiger partial charge in [0, 0.05) is 38.8 Å². The smallest absolute Gasteiger partial charge is 0.281 e. The van der Waals surface area contributed by atoms with Gasteiger partial charge >= 0.3 is 0 Å². The predicted molar refractivity (Wildman–Crippen MR) is 91.4 cm³/mol. The minimum absolute atomic E-state index is 0.0272. The van der Waals surface area contributed by atoms with E-state index in [-0.39, 0.29) is 11.8 Å². The van der Waals surface area contributed by atoms with Crippen LogP contribution in [0.3, 0.4) is 0 Å². The molecule has 1 aliphatic rings. The first-order valence-electron chi connectivity index (χ1n) is 7.77. The zero-order chi connectivity index (χ0) is 17.2. The second kappa shape index (κ2) is 6.98. The molecule has 0 spiro atoms. The molecule has 0 unspecified atom stereocenters. The van der Waals surface area contributed by atoms with Gasteiger partial charge in [-0.05, 0) is 43.9 Å². The maximum atomic E-state index is 12.4. The molecule has 128 valence electrons. The van der Waals surface area contributed by atoms with Gasteiger partial charge in [-0.1, -0.05) is 12.1 Å². The molecule has 1 N–H and O–H groups in total. The fraction of sp³-hybridized carbons (Fsp3) is 0.562. The lowest BCUT2D eigenvalue weighted by molar-refractivity contribution is -0.120. The fourth-order valence-electron chi connectivity index (χ4n) is 2.68. The topological polar surface area (TPSA) is 69.7 Å². The number of nitrogens with zero attached hydrogens (tertiary/aromatic N) is 2. The van der Waals surface area contributed by atoms with Crippen molar-refractivity contribution in [3.05, 3.63) is 29.3 Å². The van der Waals surface area contributed by atoms with Crippen molar-refractivity contribution in [2.45, 2.75) is 26.7 Å². The number of hydrogen-bond donors (Lipinski definition) is 1. The molecule has 1 amide bonds. The van der Waals surface area contributed by atoms with E-state index in [4.69, 9.17) is 0 Å². The summed E-state index contributed by atoms with van der Waals surface area (Å²) in [4.78, 5) is 12.4. The van der Waals surface area contributed by atoms with Gasteiger partial charge in [0.25, 0.3) is 10.2 Å². The predicted octanol–water partition coefficient (Wildman–Crippen LogP) is 1.76. The Bertz CT molecular complexity index is 678. The van der Waals surface area contributed by atoms with Crippen molar-refractivity contribution in [2.24, 2.45) is 5.92 Å². The summed E-state index contributed by atoms with van der Waals surface area (Å²) in [5.41, 5.74) is 2.95. The summed E-state index contributed by atoms with van der Waals surface area (Å²) in [7, 11) is -0.340. The molecule has 2 rings (SSSR count). The van der Waals surface area contributed by atoms with E-state index in [0.717, 1.165) is 16.8 Å². The van der Waals surface area contributed by atoms with Gasteiger partial charge in [-0.15, -0.1) is 0 Å². The van der Waals surface area contributed by atoms with Crippen LogP contribution in [0.1, 0.15) is 24.0 Å². The number of benzene rings is 1. The number of carbonyl (C=O) groups is 1. The third kappa shape index (κ3) is 4.10. The highest BCUT2D eigenvalue weighted by Crippen LogP contribution is 2.23. The van der Waals surface area contributed by atoms with Crippen LogP contribution in [0.4, 0.5) is 5.69 Å². The quantitative estimate of drug-likeness (QED) is 0.909. The summed E-state index contributed by atoms with van der Waals surface area (Å²) >= 11 is 0. The van der Waals surface area contributed by atoms with E-state index >= 15 is 0 Å². The molecule has 23 heavy (non-hydrogen) atoms. The van der Waals surface area contributed by atoms with Gasteiger partial charge in [-0.25, -0.2) is 0 Å². The van der Waals surface area contributed by atoms with Crippen LogP contribution in [-0.4, -0.2) is 50.1 Å². The van der Waals surface area contributed by atoms with Crippen molar-refractivity contribution in [1.82, 2.24) is 8.61 Å². The van der Waals surface area contributed by atoms with Crippen LogP contribution in [0, 0.1) is 19.8 Å². The van der Waals surface area contributed by atoms with Crippen LogP contribution in [0.5, 0.6) is 0 Å². The van der Waals surface area contributed by atoms with Crippen molar-refractivity contribution in [3.8, 4) is 0 Å². The molecule has 0 saturated carbocycles. The van der Waals surface area contributed by atoms with Gasteiger partial charge in [-0.2, -0.15) is 17.0 Å². The highest BCUT2D eigenvalue weighted by molar-refractivity contribution is 7.86. The number of piperidine rings is 1. The number of amides is 1. The molecule has 0 aliphatic carbocycles. The Morgan fingerprint density at radius 1 is 1.22 bits per heavy atom. The number of hydrogen-bond acceptors (Lipinski definition) is 3. The summed E-state index contributed by atoms with van der Waals surface area (Å²) in [6.45, 7) is 4.71. The minimum Gasteiger partial charge on any atom is -0.326 e. The Kier molecular flexibility index (Phi) is 5.44. The van der Waals surface area contributed by atoms with Crippen LogP contribution in [0.15, 0.2) is 18.2 Å². The zero-order valence-electron chi connectivity index (χ0n) is 14.2. The van der Waals surface area contributed by atoms with Gasteiger partial charge in [0.05, 0.1) is 0 Å². The Morgan fingerprint density at radius 3 is 2.39 bits per heavy atom. The van der Waals surface area contributed by atoms with Crippen LogP contribution in [0.25, 0.3) is 0 Å². The van der Waals surface area contributed by atoms with Crippen molar-refractivity contribution < 1.29 is 13.2 Å². The molecule has 1 aliphatic heterocycles. The summed E-state index contributed by atoms with van der Waals surface area (Å²) in [6, 6.07) is 5.95. The van der Waals surface area contributed by atoms with Gasteiger partial charge in [-0.3, -0.25) is 4.79 Å². The van der Waals surface area contributed by atoms with E-state index in [1.807, 2.05) is 32.0 Å². The largest absolute Gasteiger partial charge is 0.326 e. The van der Waals surface area contributed by atoms with Crippen LogP contribution in [0.2, 0.25) is 0 Å². The highest BCUT2D eigenvalue weighted by Gasteiger charge is 2.32. The molecule has 1 heterocycles. The van der Waals surface area contributed by atoms with Crippen molar-refractivity contribution in [2.75, 3.05) is 32.5 Å². The first-order valence-corrected chi connectivity index (χ1v) is 9.17. The Labute approximate surface area is 138 Å². The standard InChI is InChI=1S/C16H25N3O3S/c1-12-5-6-13(2)15(11-12)17-16(20)14-7-9-19(10-8-14)23(21,22)18(3)4/h5-6,11,14H,7-10H2,1-4H3,(H,17,20). The molecule has 0 aromatic heterocycles. The first kappa shape index (κ1) is 17.9. The molecule has 1 saturated heterocycles. The second-order valence-corrected chi connectivity index (χ2v) is 8.41. The Balaban J connectivity index is 1.98. The van der Waals surface area contributed by atoms with Gasteiger partial charge < -0.3 is 5.32 Å². The molecule has 6 nitrogen and oxygen atoms in total. The van der Waals surface area contributed by atoms with E-state index in [1.165, 1.54) is 22.7 Å². The molecular weight excluding hydrogens is 314 g/mol. The highest BCUT2D eigenvalue weighted by atomic mass is 32.2. The summed E-state index contributed by atoms with van der Waals surface area (Å²) < 4.78 is 26.8. The molecule has 0 radical (unpaired) electrons. The van der Waals surface area contributed by atoms with Crippen LogP contribution >= 0.6 is 0 Å². The zero-order valence-corrected chi connectivity index (χ0v) is 15.0. The summed E-state index contributed by atoms with van der Waals surface area (Å²) in [6.07, 6.45) is 1.09. The molecule has 1 aromatic carbocycles. The Hall–Kier alpha value is -1.44. The molecule has 7 heteroatoms. The summed E-state index contributed by atoms with van der Waals surface area (Å²) in [5, 5.41) is 2.98. The maximum Gasteiger partial charge on any atom is 0.281 e. The number of rotatable bonds is 4. The van der Waals surface area contributed by atoms with Gasteiger partial charge in [0.1, 0.15) is 0 Å². The van der Waals surface area contributed by atoms with E-state index in [9.17, 15) is 13.2 Å². The van der Waals surface area contributed by atoms with Crippen molar-refractivity contribution in [3.63, 3.8) is 0 Å². The molecule has 0 atom stereocenters. The third-order valence-electron chi connectivity index (χ3n) is 4.26. The van der Waals surface area contributed by atoms with Crippen LogP contribution in [-0.2, 0) is 15.0 Å². The van der Waals surface area contributed by atoms with Crippen molar-refractivity contribution in [1.29, 1.82) is 0 Å². The van der Waals surface area contributed by atoms with Crippen LogP contribution < -0.4 is 5.32 Å². The number of nitrogens with one attached hydrogen (secondary N) is 1. The first-order chi connectivity index (χ1) is 10.7. The Morgan fingerprint density at radius 2 is 1.83 bits per heavy atom. The average molecular weight is 339 g/mol. The lowest BCUT2D eigenvalue weighted by Gasteiger charge is -2.32. The average Bonchev–Trinajstić information content (AvgIpc) is 2.50. The van der Waals surface area contributed by atoms with E-state index in [1.54, 1.807) is 0 Å².